The monoisotopic (exact) mass is 386 g/mol. The van der Waals surface area contributed by atoms with Crippen LogP contribution in [0, 0.1) is 0 Å². The van der Waals surface area contributed by atoms with Crippen LogP contribution in [0.5, 0.6) is 17.2 Å². The molecule has 0 heterocycles. The molecular weight excluding hydrogens is 360 g/mol. The van der Waals surface area contributed by atoms with E-state index in [-0.39, 0.29) is 18.1 Å². The molecule has 0 unspecified atom stereocenters. The summed E-state index contributed by atoms with van der Waals surface area (Å²) in [5.74, 6) is 0.776. The SMILES string of the molecule is CCOc1ccc(CN(CC)C(=O)COc2ccccc2C(N)=O)cc1OC. The molecule has 0 radical (unpaired) electrons. The van der Waals surface area contributed by atoms with Crippen LogP contribution in [0.15, 0.2) is 42.5 Å². The zero-order valence-electron chi connectivity index (χ0n) is 16.4. The average molecular weight is 386 g/mol. The lowest BCUT2D eigenvalue weighted by molar-refractivity contribution is -0.133. The van der Waals surface area contributed by atoms with Gasteiger partial charge in [-0.1, -0.05) is 18.2 Å². The molecule has 7 nitrogen and oxygen atoms in total. The van der Waals surface area contributed by atoms with Crippen molar-refractivity contribution in [3.05, 3.63) is 53.6 Å². The second-order valence-electron chi connectivity index (χ2n) is 5.98. The molecule has 0 fully saturated rings. The van der Waals surface area contributed by atoms with E-state index in [1.165, 1.54) is 0 Å². The first kappa shape index (κ1) is 21.1. The summed E-state index contributed by atoms with van der Waals surface area (Å²) in [6.45, 7) is 5.06. The van der Waals surface area contributed by atoms with Gasteiger partial charge in [0.25, 0.3) is 11.8 Å². The summed E-state index contributed by atoms with van der Waals surface area (Å²) in [5, 5.41) is 0. The van der Waals surface area contributed by atoms with Gasteiger partial charge in [0.15, 0.2) is 18.1 Å². The zero-order chi connectivity index (χ0) is 20.5. The molecule has 7 heteroatoms. The Morgan fingerprint density at radius 1 is 1.00 bits per heavy atom. The maximum atomic E-state index is 12.6. The van der Waals surface area contributed by atoms with Crippen LogP contribution in [0.1, 0.15) is 29.8 Å². The van der Waals surface area contributed by atoms with Gasteiger partial charge in [-0.3, -0.25) is 9.59 Å². The van der Waals surface area contributed by atoms with Crippen LogP contribution in [-0.2, 0) is 11.3 Å². The number of ether oxygens (including phenoxy) is 3. The third-order valence-electron chi connectivity index (χ3n) is 4.14. The molecule has 0 aliphatic rings. The normalized spacial score (nSPS) is 10.2. The number of para-hydroxylation sites is 1. The minimum Gasteiger partial charge on any atom is -0.493 e. The molecule has 0 aliphatic heterocycles. The molecule has 2 rings (SSSR count). The van der Waals surface area contributed by atoms with E-state index in [1.54, 1.807) is 36.3 Å². The lowest BCUT2D eigenvalue weighted by Crippen LogP contribution is -2.34. The Bertz CT molecular complexity index is 822. The first-order valence-corrected chi connectivity index (χ1v) is 9.09. The minimum absolute atomic E-state index is 0.188. The van der Waals surface area contributed by atoms with Gasteiger partial charge in [-0.05, 0) is 43.7 Å². The Morgan fingerprint density at radius 3 is 2.39 bits per heavy atom. The Balaban J connectivity index is 2.05. The number of nitrogens with zero attached hydrogens (tertiary/aromatic N) is 1. The molecule has 0 bridgehead atoms. The number of carbonyl (C=O) groups excluding carboxylic acids is 2. The summed E-state index contributed by atoms with van der Waals surface area (Å²) in [5.41, 5.74) is 6.49. The number of nitrogens with two attached hydrogens (primary N) is 1. The number of rotatable bonds is 10. The average Bonchev–Trinajstić information content (AvgIpc) is 2.71. The topological polar surface area (TPSA) is 91.1 Å². The molecule has 2 aromatic rings. The van der Waals surface area contributed by atoms with Crippen molar-refractivity contribution in [2.24, 2.45) is 5.73 Å². The van der Waals surface area contributed by atoms with Gasteiger partial charge in [0.1, 0.15) is 5.75 Å². The van der Waals surface area contributed by atoms with Crippen LogP contribution >= 0.6 is 0 Å². The van der Waals surface area contributed by atoms with Crippen molar-refractivity contribution in [2.75, 3.05) is 26.9 Å². The van der Waals surface area contributed by atoms with E-state index in [0.717, 1.165) is 5.56 Å². The Morgan fingerprint density at radius 2 is 1.75 bits per heavy atom. The Labute approximate surface area is 165 Å². The standard InChI is InChI=1S/C21H26N2O5/c1-4-23(13-15-10-11-18(27-5-2)19(12-15)26-3)20(24)14-28-17-9-7-6-8-16(17)21(22)25/h6-12H,4-5,13-14H2,1-3H3,(H2,22,25). The van der Waals surface area contributed by atoms with Crippen molar-refractivity contribution in [1.29, 1.82) is 0 Å². The quantitative estimate of drug-likeness (QED) is 0.678. The van der Waals surface area contributed by atoms with Gasteiger partial charge < -0.3 is 24.8 Å². The zero-order valence-corrected chi connectivity index (χ0v) is 16.4. The summed E-state index contributed by atoms with van der Waals surface area (Å²) < 4.78 is 16.4. The molecule has 0 saturated heterocycles. The molecule has 2 aromatic carbocycles. The van der Waals surface area contributed by atoms with Gasteiger partial charge in [0.2, 0.25) is 0 Å². The maximum Gasteiger partial charge on any atom is 0.260 e. The molecule has 2 N–H and O–H groups in total. The third-order valence-corrected chi connectivity index (χ3v) is 4.14. The van der Waals surface area contributed by atoms with E-state index in [2.05, 4.69) is 0 Å². The summed E-state index contributed by atoms with van der Waals surface area (Å²) in [4.78, 5) is 25.7. The molecule has 0 aliphatic carbocycles. The fourth-order valence-electron chi connectivity index (χ4n) is 2.71. The first-order valence-electron chi connectivity index (χ1n) is 9.09. The lowest BCUT2D eigenvalue weighted by Gasteiger charge is -2.22. The highest BCUT2D eigenvalue weighted by Gasteiger charge is 2.16. The van der Waals surface area contributed by atoms with E-state index in [4.69, 9.17) is 19.9 Å². The number of hydrogen-bond donors (Lipinski definition) is 1. The van der Waals surface area contributed by atoms with Crippen molar-refractivity contribution < 1.29 is 23.8 Å². The van der Waals surface area contributed by atoms with Gasteiger partial charge in [-0.2, -0.15) is 0 Å². The largest absolute Gasteiger partial charge is 0.493 e. The second-order valence-corrected chi connectivity index (χ2v) is 5.98. The number of likely N-dealkylation sites (N-methyl/N-ethyl adjacent to an activating group) is 1. The highest BCUT2D eigenvalue weighted by molar-refractivity contribution is 5.95. The second kappa shape index (κ2) is 10.2. The number of carbonyl (C=O) groups is 2. The van der Waals surface area contributed by atoms with Crippen molar-refractivity contribution in [1.82, 2.24) is 4.90 Å². The number of amides is 2. The third kappa shape index (κ3) is 5.39. The number of methoxy groups -OCH3 is 1. The molecule has 0 saturated carbocycles. The van der Waals surface area contributed by atoms with E-state index >= 15 is 0 Å². The van der Waals surface area contributed by atoms with E-state index in [0.29, 0.717) is 36.9 Å². The van der Waals surface area contributed by atoms with E-state index in [9.17, 15) is 9.59 Å². The van der Waals surface area contributed by atoms with Gasteiger partial charge >= 0.3 is 0 Å². The van der Waals surface area contributed by atoms with Crippen LogP contribution in [-0.4, -0.2) is 43.6 Å². The van der Waals surface area contributed by atoms with Gasteiger partial charge in [-0.15, -0.1) is 0 Å². The Kier molecular flexibility index (Phi) is 7.68. The highest BCUT2D eigenvalue weighted by atomic mass is 16.5. The van der Waals surface area contributed by atoms with Crippen molar-refractivity contribution >= 4 is 11.8 Å². The van der Waals surface area contributed by atoms with Crippen molar-refractivity contribution in [2.45, 2.75) is 20.4 Å². The predicted molar refractivity (Wildman–Crippen MR) is 106 cm³/mol. The van der Waals surface area contributed by atoms with Gasteiger partial charge in [0, 0.05) is 13.1 Å². The molecule has 2 amide bonds. The fourth-order valence-corrected chi connectivity index (χ4v) is 2.71. The molecule has 150 valence electrons. The van der Waals surface area contributed by atoms with Crippen molar-refractivity contribution in [3.63, 3.8) is 0 Å². The number of hydrogen-bond acceptors (Lipinski definition) is 5. The van der Waals surface area contributed by atoms with Crippen LogP contribution in [0.3, 0.4) is 0 Å². The van der Waals surface area contributed by atoms with E-state index < -0.39 is 5.91 Å². The van der Waals surface area contributed by atoms with Crippen LogP contribution in [0.2, 0.25) is 0 Å². The van der Waals surface area contributed by atoms with Gasteiger partial charge in [0.05, 0.1) is 19.3 Å². The molecule has 28 heavy (non-hydrogen) atoms. The maximum absolute atomic E-state index is 12.6. The van der Waals surface area contributed by atoms with Crippen LogP contribution < -0.4 is 19.9 Å². The summed E-state index contributed by atoms with van der Waals surface area (Å²) in [6, 6.07) is 12.2. The molecule has 0 atom stereocenters. The highest BCUT2D eigenvalue weighted by Crippen LogP contribution is 2.28. The van der Waals surface area contributed by atoms with Gasteiger partial charge in [-0.25, -0.2) is 0 Å². The smallest absolute Gasteiger partial charge is 0.260 e. The molecular formula is C21H26N2O5. The molecule has 0 aromatic heterocycles. The Hall–Kier alpha value is -3.22. The van der Waals surface area contributed by atoms with E-state index in [1.807, 2.05) is 32.0 Å². The lowest BCUT2D eigenvalue weighted by atomic mass is 10.2. The minimum atomic E-state index is -0.600. The summed E-state index contributed by atoms with van der Waals surface area (Å²) in [7, 11) is 1.58. The molecule has 0 spiro atoms. The fraction of sp³-hybridized carbons (Fsp3) is 0.333. The number of primary amides is 1. The predicted octanol–water partition coefficient (Wildman–Crippen LogP) is 2.62. The van der Waals surface area contributed by atoms with Crippen molar-refractivity contribution in [3.8, 4) is 17.2 Å². The van der Waals surface area contributed by atoms with Crippen LogP contribution in [0.4, 0.5) is 0 Å². The number of benzene rings is 2. The summed E-state index contributed by atoms with van der Waals surface area (Å²) >= 11 is 0. The first-order chi connectivity index (χ1) is 13.5. The van der Waals surface area contributed by atoms with Crippen LogP contribution in [0.25, 0.3) is 0 Å². The summed E-state index contributed by atoms with van der Waals surface area (Å²) in [6.07, 6.45) is 0.